The second kappa shape index (κ2) is 9.00. The van der Waals surface area contributed by atoms with Crippen LogP contribution in [0.15, 0.2) is 53.5 Å². The van der Waals surface area contributed by atoms with Crippen LogP contribution in [0.5, 0.6) is 0 Å². The number of amides is 1. The number of ether oxygens (including phenoxy) is 1. The van der Waals surface area contributed by atoms with Crippen molar-refractivity contribution in [2.75, 3.05) is 11.4 Å². The number of para-hydroxylation sites is 1. The van der Waals surface area contributed by atoms with E-state index in [2.05, 4.69) is 0 Å². The molecule has 1 fully saturated rings. The van der Waals surface area contributed by atoms with E-state index in [4.69, 9.17) is 10.5 Å². The summed E-state index contributed by atoms with van der Waals surface area (Å²) in [5.41, 5.74) is 2.69. The van der Waals surface area contributed by atoms with Crippen molar-refractivity contribution < 1.29 is 27.5 Å². The molecule has 10 heteroatoms. The normalized spacial score (nSPS) is 16.4. The summed E-state index contributed by atoms with van der Waals surface area (Å²) in [5, 5.41) is 0.0653. The van der Waals surface area contributed by atoms with Crippen molar-refractivity contribution in [3.8, 4) is 5.69 Å². The number of halogens is 3. The Labute approximate surface area is 205 Å². The second-order valence-electron chi connectivity index (χ2n) is 9.71. The fraction of sp³-hybridized carbons (Fsp3) is 0.346. The van der Waals surface area contributed by atoms with Gasteiger partial charge in [0.1, 0.15) is 17.2 Å². The lowest BCUT2D eigenvalue weighted by molar-refractivity contribution is -0.156. The number of hydrogen-bond acceptors (Lipinski definition) is 5. The Kier molecular flexibility index (Phi) is 6.32. The molecule has 0 saturated carbocycles. The first kappa shape index (κ1) is 25.3. The molecule has 4 rings (SSSR count). The highest BCUT2D eigenvalue weighted by atomic mass is 19.4. The molecule has 2 N–H and O–H groups in total. The summed E-state index contributed by atoms with van der Waals surface area (Å²) in [6, 6.07) is 9.09. The average Bonchev–Trinajstić information content (AvgIpc) is 3.27. The highest BCUT2D eigenvalue weighted by Gasteiger charge is 2.38. The van der Waals surface area contributed by atoms with Gasteiger partial charge in [0.25, 0.3) is 5.91 Å². The number of rotatable bonds is 4. The number of nitrogens with zero attached hydrogens (tertiary/aromatic N) is 2. The Morgan fingerprint density at radius 2 is 1.78 bits per heavy atom. The molecule has 0 bridgehead atoms. The number of nitrogens with two attached hydrogens (primary N) is 1. The van der Waals surface area contributed by atoms with Gasteiger partial charge in [-0.1, -0.05) is 12.1 Å². The molecule has 1 aliphatic heterocycles. The van der Waals surface area contributed by atoms with Crippen molar-refractivity contribution in [1.29, 1.82) is 0 Å². The summed E-state index contributed by atoms with van der Waals surface area (Å²) in [5.74, 6) is -1.53. The Balaban J connectivity index is 1.88. The molecule has 1 amide bonds. The van der Waals surface area contributed by atoms with Crippen molar-refractivity contribution in [3.63, 3.8) is 0 Å². The minimum atomic E-state index is -4.77. The molecular weight excluding hydrogens is 475 g/mol. The van der Waals surface area contributed by atoms with E-state index in [1.54, 1.807) is 37.8 Å². The first-order valence-electron chi connectivity index (χ1n) is 11.4. The molecule has 7 nitrogen and oxygen atoms in total. The van der Waals surface area contributed by atoms with Gasteiger partial charge in [-0.2, -0.15) is 13.2 Å². The number of pyridine rings is 1. The topological polar surface area (TPSA) is 94.6 Å². The highest BCUT2D eigenvalue weighted by molar-refractivity contribution is 5.96. The van der Waals surface area contributed by atoms with Gasteiger partial charge in [0, 0.05) is 23.8 Å². The van der Waals surface area contributed by atoms with E-state index in [0.29, 0.717) is 19.4 Å². The largest absolute Gasteiger partial charge is 0.458 e. The molecule has 2 heterocycles. The van der Waals surface area contributed by atoms with Crippen molar-refractivity contribution in [2.24, 2.45) is 5.73 Å². The van der Waals surface area contributed by atoms with E-state index in [1.165, 1.54) is 24.3 Å². The predicted molar refractivity (Wildman–Crippen MR) is 129 cm³/mol. The number of fused-ring (bicyclic) bond motifs is 1. The van der Waals surface area contributed by atoms with Crippen LogP contribution in [0.3, 0.4) is 0 Å². The van der Waals surface area contributed by atoms with Crippen LogP contribution in [0.25, 0.3) is 16.6 Å². The maximum Gasteiger partial charge on any atom is 0.418 e. The van der Waals surface area contributed by atoms with Crippen LogP contribution in [0.1, 0.15) is 49.5 Å². The fourth-order valence-electron chi connectivity index (χ4n) is 4.48. The number of benzene rings is 2. The fourth-order valence-corrected chi connectivity index (χ4v) is 4.48. The lowest BCUT2D eigenvalue weighted by Gasteiger charge is -2.29. The van der Waals surface area contributed by atoms with Crippen molar-refractivity contribution in [2.45, 2.75) is 51.4 Å². The van der Waals surface area contributed by atoms with E-state index in [0.717, 1.165) is 16.8 Å². The van der Waals surface area contributed by atoms with Crippen molar-refractivity contribution in [1.82, 2.24) is 4.57 Å². The Bertz CT molecular complexity index is 1410. The molecular formula is C26H26F3N3O4. The van der Waals surface area contributed by atoms with Crippen LogP contribution in [0.4, 0.5) is 18.9 Å². The molecule has 0 aliphatic carbocycles. The minimum absolute atomic E-state index is 0.0653. The summed E-state index contributed by atoms with van der Waals surface area (Å²) in [6.07, 6.45) is -2.65. The number of hydrogen-bond donors (Lipinski definition) is 1. The van der Waals surface area contributed by atoms with E-state index in [-0.39, 0.29) is 22.3 Å². The molecule has 190 valence electrons. The zero-order valence-electron chi connectivity index (χ0n) is 20.1. The number of carbonyl (C=O) groups is 2. The second-order valence-corrected chi connectivity index (χ2v) is 9.71. The average molecular weight is 502 g/mol. The smallest absolute Gasteiger partial charge is 0.418 e. The first-order valence-corrected chi connectivity index (χ1v) is 11.4. The van der Waals surface area contributed by atoms with Gasteiger partial charge in [-0.05, 0) is 63.9 Å². The molecule has 1 unspecified atom stereocenters. The van der Waals surface area contributed by atoms with Gasteiger partial charge in [-0.3, -0.25) is 9.59 Å². The molecule has 0 radical (unpaired) electrons. The Morgan fingerprint density at radius 1 is 1.08 bits per heavy atom. The molecule has 1 aromatic heterocycles. The van der Waals surface area contributed by atoms with Gasteiger partial charge in [-0.15, -0.1) is 0 Å². The lowest BCUT2D eigenvalue weighted by Crippen LogP contribution is -2.40. The van der Waals surface area contributed by atoms with Gasteiger partial charge >= 0.3 is 12.1 Å². The minimum Gasteiger partial charge on any atom is -0.458 e. The van der Waals surface area contributed by atoms with Gasteiger partial charge in [0.05, 0.1) is 16.8 Å². The molecule has 1 atom stereocenters. The van der Waals surface area contributed by atoms with Gasteiger partial charge in [0.2, 0.25) is 5.43 Å². The van der Waals surface area contributed by atoms with Crippen LogP contribution < -0.4 is 16.1 Å². The molecule has 3 aromatic rings. The third kappa shape index (κ3) is 4.80. The van der Waals surface area contributed by atoms with Gasteiger partial charge in [0.15, 0.2) is 0 Å². The summed E-state index contributed by atoms with van der Waals surface area (Å²) < 4.78 is 49.7. The van der Waals surface area contributed by atoms with E-state index in [1.807, 2.05) is 0 Å². The van der Waals surface area contributed by atoms with Crippen LogP contribution in [-0.4, -0.2) is 34.6 Å². The van der Waals surface area contributed by atoms with Gasteiger partial charge in [-0.25, -0.2) is 4.79 Å². The Morgan fingerprint density at radius 3 is 2.42 bits per heavy atom. The number of carbonyl (C=O) groups excluding carboxylic acids is 2. The molecule has 0 spiro atoms. The highest BCUT2D eigenvalue weighted by Crippen LogP contribution is 2.39. The zero-order chi connectivity index (χ0) is 26.4. The summed E-state index contributed by atoms with van der Waals surface area (Å²) in [6.45, 7) is 5.59. The van der Waals surface area contributed by atoms with Gasteiger partial charge < -0.3 is 19.9 Å². The summed E-state index contributed by atoms with van der Waals surface area (Å²) in [4.78, 5) is 38.9. The molecule has 1 saturated heterocycles. The quantitative estimate of drug-likeness (QED) is 0.534. The van der Waals surface area contributed by atoms with Crippen LogP contribution in [0.2, 0.25) is 0 Å². The number of alkyl halides is 3. The number of aromatic nitrogens is 1. The van der Waals surface area contributed by atoms with E-state index >= 15 is 0 Å². The SMILES string of the molecule is CC(C)(C)OC(=O)C1CCCN1c1ccc(-n2cc(C(N)=O)c(=O)c3ccccc32)c(C(F)(F)F)c1. The maximum atomic E-state index is 14.3. The van der Waals surface area contributed by atoms with Crippen LogP contribution >= 0.6 is 0 Å². The van der Waals surface area contributed by atoms with Crippen molar-refractivity contribution >= 4 is 28.5 Å². The third-order valence-electron chi connectivity index (χ3n) is 5.98. The lowest BCUT2D eigenvalue weighted by atomic mass is 10.1. The molecule has 2 aromatic carbocycles. The zero-order valence-corrected chi connectivity index (χ0v) is 20.1. The van der Waals surface area contributed by atoms with E-state index in [9.17, 15) is 27.6 Å². The first-order chi connectivity index (χ1) is 16.8. The van der Waals surface area contributed by atoms with E-state index < -0.39 is 46.3 Å². The van der Waals surface area contributed by atoms with Crippen molar-refractivity contribution in [3.05, 3.63) is 70.0 Å². The van der Waals surface area contributed by atoms with Crippen LogP contribution in [-0.2, 0) is 15.7 Å². The maximum absolute atomic E-state index is 14.3. The number of primary amides is 1. The third-order valence-corrected chi connectivity index (χ3v) is 5.98. The monoisotopic (exact) mass is 501 g/mol. The molecule has 36 heavy (non-hydrogen) atoms. The molecule has 1 aliphatic rings. The predicted octanol–water partition coefficient (Wildman–Crippen LogP) is 4.42. The standard InChI is InChI=1S/C26H26F3N3O4/c1-25(2,3)36-24(35)21-9-6-12-31(21)15-10-11-20(18(13-15)26(27,28)29)32-14-17(23(30)34)22(33)16-7-4-5-8-19(16)32/h4-5,7-8,10-11,13-14,21H,6,9,12H2,1-3H3,(H2,30,34). The number of anilines is 1. The Hall–Kier alpha value is -3.82. The summed E-state index contributed by atoms with van der Waals surface area (Å²) >= 11 is 0. The summed E-state index contributed by atoms with van der Waals surface area (Å²) in [7, 11) is 0. The number of esters is 1. The van der Waals surface area contributed by atoms with Crippen LogP contribution in [0, 0.1) is 0 Å².